The lowest BCUT2D eigenvalue weighted by atomic mass is 10.0. The summed E-state index contributed by atoms with van der Waals surface area (Å²) < 4.78 is 1.19. The van der Waals surface area contributed by atoms with Gasteiger partial charge in [-0.1, -0.05) is 26.0 Å². The van der Waals surface area contributed by atoms with Gasteiger partial charge in [-0.05, 0) is 48.3 Å². The van der Waals surface area contributed by atoms with Gasteiger partial charge in [0, 0.05) is 26.7 Å². The first-order valence-corrected chi connectivity index (χ1v) is 7.78. The van der Waals surface area contributed by atoms with Crippen LogP contribution in [-0.2, 0) is 0 Å². The molecule has 0 radical (unpaired) electrons. The van der Waals surface area contributed by atoms with Gasteiger partial charge < -0.3 is 5.32 Å². The fraction of sp³-hybridized carbons (Fsp3) is 0.571. The monoisotopic (exact) mass is 315 g/mol. The average molecular weight is 316 g/mol. The molecule has 96 valence electrons. The zero-order chi connectivity index (χ0) is 12.9. The highest BCUT2D eigenvalue weighted by Gasteiger charge is 2.15. The van der Waals surface area contributed by atoms with E-state index in [2.05, 4.69) is 73.2 Å². The van der Waals surface area contributed by atoms with Gasteiger partial charge in [-0.25, -0.2) is 0 Å². The first-order valence-electron chi connectivity index (χ1n) is 6.11. The van der Waals surface area contributed by atoms with Gasteiger partial charge in [0.15, 0.2) is 0 Å². The molecular weight excluding hydrogens is 294 g/mol. The smallest absolute Gasteiger partial charge is 0.0311 e. The van der Waals surface area contributed by atoms with Gasteiger partial charge in [0.1, 0.15) is 0 Å². The molecular formula is C14H22BrNS. The summed E-state index contributed by atoms with van der Waals surface area (Å²) in [5.41, 5.74) is 0.239. The third-order valence-corrected chi connectivity index (χ3v) is 5.05. The zero-order valence-corrected chi connectivity index (χ0v) is 13.5. The molecule has 3 heteroatoms. The highest BCUT2D eigenvalue weighted by Crippen LogP contribution is 2.30. The Morgan fingerprint density at radius 2 is 2.00 bits per heavy atom. The molecule has 0 spiro atoms. The Morgan fingerprint density at radius 1 is 1.35 bits per heavy atom. The summed E-state index contributed by atoms with van der Waals surface area (Å²) in [7, 11) is 0. The van der Waals surface area contributed by atoms with Gasteiger partial charge in [-0.3, -0.25) is 0 Å². The molecule has 17 heavy (non-hydrogen) atoms. The van der Waals surface area contributed by atoms with Crippen LogP contribution in [0.4, 0.5) is 0 Å². The number of thioether (sulfide) groups is 1. The third kappa shape index (κ3) is 5.45. The highest BCUT2D eigenvalue weighted by molar-refractivity contribution is 9.10. The third-order valence-electron chi connectivity index (χ3n) is 2.92. The molecule has 0 aliphatic heterocycles. The van der Waals surface area contributed by atoms with Crippen LogP contribution in [0.15, 0.2) is 33.6 Å². The summed E-state index contributed by atoms with van der Waals surface area (Å²) in [5, 5.41) is 4.18. The van der Waals surface area contributed by atoms with Crippen molar-refractivity contribution in [1.82, 2.24) is 5.32 Å². The van der Waals surface area contributed by atoms with Crippen LogP contribution in [0.5, 0.6) is 0 Å². The molecule has 1 nitrogen and oxygen atoms in total. The number of halogens is 1. The van der Waals surface area contributed by atoms with Gasteiger partial charge in [-0.2, -0.15) is 0 Å². The molecule has 0 heterocycles. The molecule has 0 saturated heterocycles. The van der Waals surface area contributed by atoms with Crippen LogP contribution in [0.3, 0.4) is 0 Å². The Hall–Kier alpha value is 0.01000. The second-order valence-electron chi connectivity index (χ2n) is 4.98. The molecule has 1 aromatic rings. The van der Waals surface area contributed by atoms with Crippen LogP contribution < -0.4 is 5.32 Å². The van der Waals surface area contributed by atoms with Crippen molar-refractivity contribution in [3.8, 4) is 0 Å². The SMILES string of the molecule is CCC(C)(C)NCC(C)Sc1ccccc1Br. The van der Waals surface area contributed by atoms with Crippen molar-refractivity contribution in [2.75, 3.05) is 6.54 Å². The lowest BCUT2D eigenvalue weighted by molar-refractivity contribution is 0.379. The predicted molar refractivity (Wildman–Crippen MR) is 81.8 cm³/mol. The van der Waals surface area contributed by atoms with Gasteiger partial charge in [0.2, 0.25) is 0 Å². The van der Waals surface area contributed by atoms with E-state index in [1.807, 2.05) is 11.8 Å². The molecule has 0 aliphatic carbocycles. The summed E-state index contributed by atoms with van der Waals surface area (Å²) in [6.45, 7) is 10.0. The minimum absolute atomic E-state index is 0.239. The summed E-state index contributed by atoms with van der Waals surface area (Å²) in [5.74, 6) is 0. The molecule has 1 unspecified atom stereocenters. The van der Waals surface area contributed by atoms with E-state index in [0.29, 0.717) is 5.25 Å². The van der Waals surface area contributed by atoms with Crippen LogP contribution in [0.25, 0.3) is 0 Å². The molecule has 1 rings (SSSR count). The van der Waals surface area contributed by atoms with Gasteiger partial charge in [0.25, 0.3) is 0 Å². The maximum absolute atomic E-state index is 3.61. The van der Waals surface area contributed by atoms with E-state index in [9.17, 15) is 0 Å². The number of hydrogen-bond donors (Lipinski definition) is 1. The van der Waals surface area contributed by atoms with Crippen LogP contribution in [0.1, 0.15) is 34.1 Å². The van der Waals surface area contributed by atoms with Gasteiger partial charge >= 0.3 is 0 Å². The fourth-order valence-electron chi connectivity index (χ4n) is 1.34. The van der Waals surface area contributed by atoms with Crippen molar-refractivity contribution in [2.45, 2.75) is 49.8 Å². The molecule has 0 saturated carbocycles. The van der Waals surface area contributed by atoms with E-state index < -0.39 is 0 Å². The second-order valence-corrected chi connectivity index (χ2v) is 7.31. The largest absolute Gasteiger partial charge is 0.311 e. The summed E-state index contributed by atoms with van der Waals surface area (Å²) in [6, 6.07) is 8.40. The van der Waals surface area contributed by atoms with Crippen molar-refractivity contribution in [3.05, 3.63) is 28.7 Å². The van der Waals surface area contributed by atoms with Crippen LogP contribution in [-0.4, -0.2) is 17.3 Å². The first kappa shape index (κ1) is 15.1. The Balaban J connectivity index is 2.45. The number of nitrogens with one attached hydrogen (secondary N) is 1. The van der Waals surface area contributed by atoms with E-state index >= 15 is 0 Å². The normalized spacial score (nSPS) is 13.7. The maximum Gasteiger partial charge on any atom is 0.0311 e. The zero-order valence-electron chi connectivity index (χ0n) is 11.1. The van der Waals surface area contributed by atoms with Crippen molar-refractivity contribution >= 4 is 27.7 Å². The Kier molecular flexibility index (Phi) is 6.04. The van der Waals surface area contributed by atoms with E-state index in [-0.39, 0.29) is 5.54 Å². The van der Waals surface area contributed by atoms with Crippen LogP contribution in [0.2, 0.25) is 0 Å². The quantitative estimate of drug-likeness (QED) is 0.763. The predicted octanol–water partition coefficient (Wildman–Crippen LogP) is 4.71. The topological polar surface area (TPSA) is 12.0 Å². The van der Waals surface area contributed by atoms with Crippen molar-refractivity contribution in [1.29, 1.82) is 0 Å². The molecule has 1 atom stereocenters. The highest BCUT2D eigenvalue weighted by atomic mass is 79.9. The van der Waals surface area contributed by atoms with Crippen molar-refractivity contribution in [3.63, 3.8) is 0 Å². The van der Waals surface area contributed by atoms with E-state index in [4.69, 9.17) is 0 Å². The average Bonchev–Trinajstić information content (AvgIpc) is 2.30. The van der Waals surface area contributed by atoms with E-state index in [0.717, 1.165) is 13.0 Å². The Labute approximate surface area is 118 Å². The van der Waals surface area contributed by atoms with Crippen LogP contribution >= 0.6 is 27.7 Å². The molecule has 1 N–H and O–H groups in total. The van der Waals surface area contributed by atoms with Crippen LogP contribution in [0, 0.1) is 0 Å². The van der Waals surface area contributed by atoms with Crippen molar-refractivity contribution in [2.24, 2.45) is 0 Å². The molecule has 0 fully saturated rings. The number of benzene rings is 1. The maximum atomic E-state index is 3.61. The van der Waals surface area contributed by atoms with E-state index in [1.54, 1.807) is 0 Å². The molecule has 0 amide bonds. The molecule has 0 aliphatic rings. The minimum Gasteiger partial charge on any atom is -0.311 e. The minimum atomic E-state index is 0.239. The Morgan fingerprint density at radius 3 is 2.59 bits per heavy atom. The summed E-state index contributed by atoms with van der Waals surface area (Å²) >= 11 is 5.50. The lowest BCUT2D eigenvalue weighted by Crippen LogP contribution is -2.41. The first-order chi connectivity index (χ1) is 7.94. The second kappa shape index (κ2) is 6.81. The number of rotatable bonds is 6. The van der Waals surface area contributed by atoms with Gasteiger partial charge in [-0.15, -0.1) is 11.8 Å². The van der Waals surface area contributed by atoms with Gasteiger partial charge in [0.05, 0.1) is 0 Å². The molecule has 0 bridgehead atoms. The lowest BCUT2D eigenvalue weighted by Gasteiger charge is -2.26. The summed E-state index contributed by atoms with van der Waals surface area (Å²) in [6.07, 6.45) is 1.15. The number of hydrogen-bond acceptors (Lipinski definition) is 2. The molecule has 0 aromatic heterocycles. The standard InChI is InChI=1S/C14H22BrNS/c1-5-14(3,4)16-10-11(2)17-13-9-7-6-8-12(13)15/h6-9,11,16H,5,10H2,1-4H3. The summed E-state index contributed by atoms with van der Waals surface area (Å²) in [4.78, 5) is 1.32. The van der Waals surface area contributed by atoms with Crippen molar-refractivity contribution < 1.29 is 0 Å². The molecule has 1 aromatic carbocycles. The fourth-order valence-corrected chi connectivity index (χ4v) is 2.85. The Bertz CT molecular complexity index is 352. The van der Waals surface area contributed by atoms with E-state index in [1.165, 1.54) is 9.37 Å².